The smallest absolute Gasteiger partial charge is 0.250 e. The van der Waals surface area contributed by atoms with E-state index in [1.165, 1.54) is 6.42 Å². The third kappa shape index (κ3) is 5.22. The Morgan fingerprint density at radius 1 is 1.00 bits per heavy atom. The number of nitrogens with zero attached hydrogens (tertiary/aromatic N) is 3. The molecule has 2 amide bonds. The van der Waals surface area contributed by atoms with E-state index in [9.17, 15) is 9.59 Å². The molecule has 0 N–H and O–H groups in total. The van der Waals surface area contributed by atoms with Crippen molar-refractivity contribution in [3.8, 4) is 0 Å². The number of hydrogen-bond donors (Lipinski definition) is 0. The first kappa shape index (κ1) is 21.3. The van der Waals surface area contributed by atoms with E-state index in [4.69, 9.17) is 4.74 Å². The van der Waals surface area contributed by atoms with Crippen molar-refractivity contribution in [2.45, 2.75) is 44.6 Å². The summed E-state index contributed by atoms with van der Waals surface area (Å²) in [5, 5.41) is 0. The summed E-state index contributed by atoms with van der Waals surface area (Å²) >= 11 is 0. The van der Waals surface area contributed by atoms with Gasteiger partial charge in [0.15, 0.2) is 0 Å². The summed E-state index contributed by atoms with van der Waals surface area (Å²) in [6.45, 7) is 7.21. The standard InChI is InChI=1S/C24H35N3O3/c28-22-8-4-5-12-27(22)23(21-6-2-1-3-7-21)24(29)26-14-10-20(11-15-26)9-13-25-16-18-30-19-17-25/h1-3,6-7,20,23H,4-5,8-19H2. The molecule has 0 saturated carbocycles. The topological polar surface area (TPSA) is 53.1 Å². The lowest BCUT2D eigenvalue weighted by atomic mass is 9.92. The molecular formula is C24H35N3O3. The van der Waals surface area contributed by atoms with E-state index in [0.717, 1.165) is 77.2 Å². The van der Waals surface area contributed by atoms with Gasteiger partial charge in [0.05, 0.1) is 13.2 Å². The second-order valence-electron chi connectivity index (χ2n) is 8.87. The molecule has 1 aromatic carbocycles. The highest BCUT2D eigenvalue weighted by Gasteiger charge is 2.36. The van der Waals surface area contributed by atoms with Gasteiger partial charge in [0.1, 0.15) is 6.04 Å². The molecule has 0 aromatic heterocycles. The molecule has 6 heteroatoms. The lowest BCUT2D eigenvalue weighted by Gasteiger charge is -2.39. The largest absolute Gasteiger partial charge is 0.379 e. The van der Waals surface area contributed by atoms with Crippen LogP contribution in [0.5, 0.6) is 0 Å². The zero-order valence-corrected chi connectivity index (χ0v) is 18.0. The number of likely N-dealkylation sites (tertiary alicyclic amines) is 2. The number of ether oxygens (including phenoxy) is 1. The Bertz CT molecular complexity index is 697. The average Bonchev–Trinajstić information content (AvgIpc) is 2.81. The zero-order chi connectivity index (χ0) is 20.8. The molecule has 3 saturated heterocycles. The van der Waals surface area contributed by atoms with Crippen LogP contribution < -0.4 is 0 Å². The Kier molecular flexibility index (Phi) is 7.39. The molecule has 3 heterocycles. The van der Waals surface area contributed by atoms with Gasteiger partial charge >= 0.3 is 0 Å². The Morgan fingerprint density at radius 3 is 2.43 bits per heavy atom. The second-order valence-corrected chi connectivity index (χ2v) is 8.87. The van der Waals surface area contributed by atoms with Gasteiger partial charge in [-0.05, 0) is 50.1 Å². The summed E-state index contributed by atoms with van der Waals surface area (Å²) in [6.07, 6.45) is 5.79. The van der Waals surface area contributed by atoms with E-state index in [1.807, 2.05) is 40.1 Å². The second kappa shape index (κ2) is 10.4. The van der Waals surface area contributed by atoms with Gasteiger partial charge in [0.2, 0.25) is 11.8 Å². The Morgan fingerprint density at radius 2 is 1.73 bits per heavy atom. The van der Waals surface area contributed by atoms with Crippen molar-refractivity contribution in [2.75, 3.05) is 52.5 Å². The highest BCUT2D eigenvalue weighted by atomic mass is 16.5. The SMILES string of the molecule is O=C(C(c1ccccc1)N1CCCCC1=O)N1CCC(CCN2CCOCC2)CC1. The number of benzene rings is 1. The molecule has 6 nitrogen and oxygen atoms in total. The number of piperidine rings is 2. The lowest BCUT2D eigenvalue weighted by molar-refractivity contribution is -0.148. The minimum atomic E-state index is -0.469. The van der Waals surface area contributed by atoms with E-state index in [2.05, 4.69) is 4.90 Å². The molecule has 3 aliphatic heterocycles. The quantitative estimate of drug-likeness (QED) is 0.720. The third-order valence-corrected chi connectivity index (χ3v) is 6.90. The monoisotopic (exact) mass is 413 g/mol. The first-order valence-electron chi connectivity index (χ1n) is 11.7. The van der Waals surface area contributed by atoms with Crippen LogP contribution in [0.4, 0.5) is 0 Å². The van der Waals surface area contributed by atoms with Crippen LogP contribution in [0, 0.1) is 5.92 Å². The summed E-state index contributed by atoms with van der Waals surface area (Å²) in [5.74, 6) is 0.899. The number of rotatable bonds is 6. The fourth-order valence-electron chi connectivity index (χ4n) is 5.00. The highest BCUT2D eigenvalue weighted by Crippen LogP contribution is 2.30. The van der Waals surface area contributed by atoms with Crippen molar-refractivity contribution in [3.05, 3.63) is 35.9 Å². The van der Waals surface area contributed by atoms with Gasteiger partial charge < -0.3 is 14.5 Å². The molecule has 3 fully saturated rings. The van der Waals surface area contributed by atoms with Crippen LogP contribution in [0.15, 0.2) is 30.3 Å². The van der Waals surface area contributed by atoms with Crippen molar-refractivity contribution in [1.29, 1.82) is 0 Å². The Balaban J connectivity index is 1.36. The van der Waals surface area contributed by atoms with Gasteiger partial charge in [-0.1, -0.05) is 30.3 Å². The summed E-state index contributed by atoms with van der Waals surface area (Å²) in [7, 11) is 0. The molecule has 0 radical (unpaired) electrons. The molecule has 4 rings (SSSR count). The fraction of sp³-hybridized carbons (Fsp3) is 0.667. The fourth-order valence-corrected chi connectivity index (χ4v) is 5.00. The molecule has 0 spiro atoms. The van der Waals surface area contributed by atoms with Crippen molar-refractivity contribution < 1.29 is 14.3 Å². The molecule has 1 aromatic rings. The maximum Gasteiger partial charge on any atom is 0.250 e. The van der Waals surface area contributed by atoms with E-state index < -0.39 is 6.04 Å². The van der Waals surface area contributed by atoms with Gasteiger partial charge in [-0.15, -0.1) is 0 Å². The minimum absolute atomic E-state index is 0.100. The van der Waals surface area contributed by atoms with Gasteiger partial charge in [0.25, 0.3) is 0 Å². The van der Waals surface area contributed by atoms with Gasteiger partial charge in [-0.2, -0.15) is 0 Å². The van der Waals surface area contributed by atoms with E-state index in [1.54, 1.807) is 0 Å². The van der Waals surface area contributed by atoms with Crippen molar-refractivity contribution in [1.82, 2.24) is 14.7 Å². The summed E-state index contributed by atoms with van der Waals surface area (Å²) in [6, 6.07) is 9.38. The molecule has 1 unspecified atom stereocenters. The first-order chi connectivity index (χ1) is 14.7. The molecule has 0 aliphatic carbocycles. The predicted molar refractivity (Wildman–Crippen MR) is 116 cm³/mol. The maximum absolute atomic E-state index is 13.6. The van der Waals surface area contributed by atoms with Gasteiger partial charge in [-0.3, -0.25) is 14.5 Å². The van der Waals surface area contributed by atoms with Crippen molar-refractivity contribution in [2.24, 2.45) is 5.92 Å². The Hall–Kier alpha value is -1.92. The van der Waals surface area contributed by atoms with Crippen molar-refractivity contribution in [3.63, 3.8) is 0 Å². The third-order valence-electron chi connectivity index (χ3n) is 6.90. The number of amides is 2. The molecular weight excluding hydrogens is 378 g/mol. The van der Waals surface area contributed by atoms with E-state index >= 15 is 0 Å². The van der Waals surface area contributed by atoms with Gasteiger partial charge in [-0.25, -0.2) is 0 Å². The summed E-state index contributed by atoms with van der Waals surface area (Å²) < 4.78 is 5.43. The van der Waals surface area contributed by atoms with E-state index in [0.29, 0.717) is 18.9 Å². The lowest BCUT2D eigenvalue weighted by Crippen LogP contribution is -2.49. The molecule has 3 aliphatic rings. The average molecular weight is 414 g/mol. The first-order valence-corrected chi connectivity index (χ1v) is 11.7. The van der Waals surface area contributed by atoms with Gasteiger partial charge in [0, 0.05) is 39.1 Å². The number of carbonyl (C=O) groups is 2. The van der Waals surface area contributed by atoms with Crippen LogP contribution in [0.2, 0.25) is 0 Å². The predicted octanol–water partition coefficient (Wildman–Crippen LogP) is 2.70. The Labute approximate surface area is 180 Å². The number of carbonyl (C=O) groups excluding carboxylic acids is 2. The number of hydrogen-bond acceptors (Lipinski definition) is 4. The zero-order valence-electron chi connectivity index (χ0n) is 18.0. The van der Waals surface area contributed by atoms with Crippen LogP contribution in [-0.4, -0.2) is 79.0 Å². The van der Waals surface area contributed by atoms with Crippen LogP contribution >= 0.6 is 0 Å². The number of morpholine rings is 1. The summed E-state index contributed by atoms with van der Waals surface area (Å²) in [5.41, 5.74) is 0.937. The van der Waals surface area contributed by atoms with Crippen LogP contribution in [0.25, 0.3) is 0 Å². The molecule has 0 bridgehead atoms. The molecule has 30 heavy (non-hydrogen) atoms. The van der Waals surface area contributed by atoms with Crippen LogP contribution in [0.3, 0.4) is 0 Å². The highest BCUT2D eigenvalue weighted by molar-refractivity contribution is 5.89. The van der Waals surface area contributed by atoms with Crippen LogP contribution in [-0.2, 0) is 14.3 Å². The maximum atomic E-state index is 13.6. The molecule has 1 atom stereocenters. The van der Waals surface area contributed by atoms with Crippen LogP contribution in [0.1, 0.15) is 50.1 Å². The normalized spacial score (nSPS) is 22.9. The van der Waals surface area contributed by atoms with Crippen molar-refractivity contribution >= 4 is 11.8 Å². The minimum Gasteiger partial charge on any atom is -0.379 e. The molecule has 164 valence electrons. The van der Waals surface area contributed by atoms with E-state index in [-0.39, 0.29) is 11.8 Å². The summed E-state index contributed by atoms with van der Waals surface area (Å²) in [4.78, 5) is 32.5.